The normalized spacial score (nSPS) is 10.8. The zero-order valence-electron chi connectivity index (χ0n) is 10.6. The zero-order valence-corrected chi connectivity index (χ0v) is 10.6. The highest BCUT2D eigenvalue weighted by Gasteiger charge is 2.15. The number of aliphatic hydroxyl groups excluding tert-OH is 1. The van der Waals surface area contributed by atoms with Gasteiger partial charge in [0.05, 0.1) is 17.9 Å². The minimum atomic E-state index is -0.274. The van der Waals surface area contributed by atoms with Gasteiger partial charge in [-0.3, -0.25) is 9.36 Å². The predicted molar refractivity (Wildman–Crippen MR) is 71.8 cm³/mol. The van der Waals surface area contributed by atoms with Crippen LogP contribution < -0.4 is 10.9 Å². The van der Waals surface area contributed by atoms with E-state index in [9.17, 15) is 9.90 Å². The van der Waals surface area contributed by atoms with Crippen molar-refractivity contribution in [3.63, 3.8) is 0 Å². The van der Waals surface area contributed by atoms with Gasteiger partial charge in [0.25, 0.3) is 5.56 Å². The molecule has 2 N–H and O–H groups in total. The summed E-state index contributed by atoms with van der Waals surface area (Å²) in [5.74, 6) is 0. The van der Waals surface area contributed by atoms with E-state index in [1.165, 1.54) is 0 Å². The zero-order chi connectivity index (χ0) is 13.1. The first kappa shape index (κ1) is 12.6. The topological polar surface area (TPSA) is 67.2 Å². The molecule has 2 aromatic rings. The smallest absolute Gasteiger partial charge is 0.259 e. The van der Waals surface area contributed by atoms with Crippen LogP contribution in [0.4, 0.5) is 5.69 Å². The van der Waals surface area contributed by atoms with Gasteiger partial charge in [0.15, 0.2) is 0 Å². The van der Waals surface area contributed by atoms with Crippen LogP contribution in [0.3, 0.4) is 0 Å². The Morgan fingerprint density at radius 2 is 2.28 bits per heavy atom. The molecule has 0 unspecified atom stereocenters. The first-order valence-corrected chi connectivity index (χ1v) is 6.03. The monoisotopic (exact) mass is 247 g/mol. The van der Waals surface area contributed by atoms with Crippen LogP contribution >= 0.6 is 0 Å². The third-order valence-corrected chi connectivity index (χ3v) is 2.97. The molecule has 2 rings (SSSR count). The molecule has 2 aromatic heterocycles. The second kappa shape index (κ2) is 5.18. The van der Waals surface area contributed by atoms with Crippen molar-refractivity contribution in [1.29, 1.82) is 0 Å². The average Bonchev–Trinajstić information content (AvgIpc) is 2.41. The molecule has 2 heterocycles. The third kappa shape index (κ3) is 1.86. The Morgan fingerprint density at radius 3 is 2.89 bits per heavy atom. The van der Waals surface area contributed by atoms with Crippen LogP contribution in [-0.4, -0.2) is 21.7 Å². The summed E-state index contributed by atoms with van der Waals surface area (Å²) < 4.78 is 1.63. The fraction of sp³-hybridized carbons (Fsp3) is 0.385. The van der Waals surface area contributed by atoms with E-state index in [0.717, 1.165) is 11.8 Å². The lowest BCUT2D eigenvalue weighted by Gasteiger charge is -2.15. The lowest BCUT2D eigenvalue weighted by atomic mass is 10.1. The van der Waals surface area contributed by atoms with Crippen LogP contribution in [0.15, 0.2) is 23.1 Å². The summed E-state index contributed by atoms with van der Waals surface area (Å²) in [5.41, 5.74) is 1.55. The Hall–Kier alpha value is -1.88. The molecule has 5 nitrogen and oxygen atoms in total. The molecule has 96 valence electrons. The molecule has 0 aromatic carbocycles. The van der Waals surface area contributed by atoms with Crippen LogP contribution in [-0.2, 0) is 13.2 Å². The average molecular weight is 247 g/mol. The Kier molecular flexibility index (Phi) is 3.62. The first-order chi connectivity index (χ1) is 8.74. The molecule has 0 aliphatic rings. The molecule has 0 spiro atoms. The lowest BCUT2D eigenvalue weighted by Crippen LogP contribution is -2.26. The quantitative estimate of drug-likeness (QED) is 0.855. The van der Waals surface area contributed by atoms with Crippen molar-refractivity contribution >= 4 is 16.7 Å². The number of hydrogen-bond donors (Lipinski definition) is 2. The molecule has 0 radical (unpaired) electrons. The Morgan fingerprint density at radius 1 is 1.50 bits per heavy atom. The standard InChI is InChI=1S/C13H17N3O2/c1-3-7-16-12-9(5-4-6-15-12)11(14-2)10(8-17)13(16)18/h4-6,14,17H,3,7-8H2,1-2H3. The molecule has 0 bridgehead atoms. The van der Waals surface area contributed by atoms with Gasteiger partial charge in [0.2, 0.25) is 0 Å². The van der Waals surface area contributed by atoms with Crippen LogP contribution in [0.1, 0.15) is 18.9 Å². The number of nitrogens with zero attached hydrogens (tertiary/aromatic N) is 2. The number of pyridine rings is 2. The molecular formula is C13H17N3O2. The van der Waals surface area contributed by atoms with E-state index < -0.39 is 0 Å². The number of hydrogen-bond acceptors (Lipinski definition) is 4. The van der Waals surface area contributed by atoms with E-state index in [1.807, 2.05) is 19.1 Å². The van der Waals surface area contributed by atoms with Gasteiger partial charge in [0, 0.05) is 25.2 Å². The lowest BCUT2D eigenvalue weighted by molar-refractivity contribution is 0.280. The fourth-order valence-corrected chi connectivity index (χ4v) is 2.20. The SMILES string of the molecule is CCCn1c(=O)c(CO)c(NC)c2cccnc21. The number of anilines is 1. The van der Waals surface area contributed by atoms with E-state index in [4.69, 9.17) is 0 Å². The number of nitrogens with one attached hydrogen (secondary N) is 1. The molecule has 18 heavy (non-hydrogen) atoms. The molecule has 0 aliphatic heterocycles. The Balaban J connectivity index is 2.91. The van der Waals surface area contributed by atoms with Gasteiger partial charge in [-0.1, -0.05) is 6.92 Å². The van der Waals surface area contributed by atoms with Gasteiger partial charge in [-0.15, -0.1) is 0 Å². The molecular weight excluding hydrogens is 230 g/mol. The minimum absolute atomic E-state index is 0.171. The summed E-state index contributed by atoms with van der Waals surface area (Å²) in [4.78, 5) is 16.6. The van der Waals surface area contributed by atoms with E-state index in [-0.39, 0.29) is 12.2 Å². The van der Waals surface area contributed by atoms with Gasteiger partial charge < -0.3 is 10.4 Å². The highest BCUT2D eigenvalue weighted by atomic mass is 16.3. The summed E-state index contributed by atoms with van der Waals surface area (Å²) in [6, 6.07) is 3.73. The van der Waals surface area contributed by atoms with Gasteiger partial charge in [-0.25, -0.2) is 4.98 Å². The molecule has 0 aliphatic carbocycles. The Bertz CT molecular complexity index is 619. The highest BCUT2D eigenvalue weighted by molar-refractivity contribution is 5.90. The second-order valence-corrected chi connectivity index (χ2v) is 4.09. The maximum absolute atomic E-state index is 12.3. The van der Waals surface area contributed by atoms with Gasteiger partial charge in [-0.05, 0) is 18.6 Å². The first-order valence-electron chi connectivity index (χ1n) is 6.03. The van der Waals surface area contributed by atoms with E-state index >= 15 is 0 Å². The number of aliphatic hydroxyl groups is 1. The van der Waals surface area contributed by atoms with Gasteiger partial charge >= 0.3 is 0 Å². The van der Waals surface area contributed by atoms with E-state index in [1.54, 1.807) is 17.8 Å². The minimum Gasteiger partial charge on any atom is -0.391 e. The highest BCUT2D eigenvalue weighted by Crippen LogP contribution is 2.23. The van der Waals surface area contributed by atoms with Crippen molar-refractivity contribution in [2.45, 2.75) is 26.5 Å². The predicted octanol–water partition coefficient (Wildman–Crippen LogP) is 1.34. The van der Waals surface area contributed by atoms with Gasteiger partial charge in [-0.2, -0.15) is 0 Å². The van der Waals surface area contributed by atoms with Crippen LogP contribution in [0, 0.1) is 0 Å². The molecule has 0 amide bonds. The number of fused-ring (bicyclic) bond motifs is 1. The summed E-state index contributed by atoms with van der Waals surface area (Å²) >= 11 is 0. The molecule has 0 fully saturated rings. The van der Waals surface area contributed by atoms with Crippen LogP contribution in [0.2, 0.25) is 0 Å². The Labute approximate surface area is 105 Å². The summed E-state index contributed by atoms with van der Waals surface area (Å²) in [7, 11) is 1.74. The van der Waals surface area contributed by atoms with Crippen molar-refractivity contribution < 1.29 is 5.11 Å². The number of rotatable bonds is 4. The summed E-state index contributed by atoms with van der Waals surface area (Å²) in [6.45, 7) is 2.33. The molecule has 0 saturated carbocycles. The third-order valence-electron chi connectivity index (χ3n) is 2.97. The summed E-state index contributed by atoms with van der Waals surface area (Å²) in [6.07, 6.45) is 2.52. The number of aromatic nitrogens is 2. The number of aryl methyl sites for hydroxylation is 1. The van der Waals surface area contributed by atoms with Crippen molar-refractivity contribution in [2.24, 2.45) is 0 Å². The van der Waals surface area contributed by atoms with Crippen molar-refractivity contribution in [3.05, 3.63) is 34.2 Å². The molecule has 5 heteroatoms. The van der Waals surface area contributed by atoms with Crippen molar-refractivity contribution in [3.8, 4) is 0 Å². The van der Waals surface area contributed by atoms with Crippen LogP contribution in [0.5, 0.6) is 0 Å². The largest absolute Gasteiger partial charge is 0.391 e. The van der Waals surface area contributed by atoms with Crippen molar-refractivity contribution in [2.75, 3.05) is 12.4 Å². The van der Waals surface area contributed by atoms with E-state index in [0.29, 0.717) is 23.4 Å². The second-order valence-electron chi connectivity index (χ2n) is 4.09. The van der Waals surface area contributed by atoms with E-state index in [2.05, 4.69) is 10.3 Å². The molecule has 0 saturated heterocycles. The maximum Gasteiger partial charge on any atom is 0.259 e. The molecule has 0 atom stereocenters. The fourth-order valence-electron chi connectivity index (χ4n) is 2.20. The van der Waals surface area contributed by atoms with Gasteiger partial charge in [0.1, 0.15) is 5.65 Å². The summed E-state index contributed by atoms with van der Waals surface area (Å²) in [5, 5.41) is 13.3. The van der Waals surface area contributed by atoms with Crippen LogP contribution in [0.25, 0.3) is 11.0 Å². The van der Waals surface area contributed by atoms with Crippen molar-refractivity contribution in [1.82, 2.24) is 9.55 Å². The maximum atomic E-state index is 12.3.